The second-order valence-electron chi connectivity index (χ2n) is 3.05. The first-order chi connectivity index (χ1) is 7.18. The minimum absolute atomic E-state index is 0.0885. The fraction of sp³-hybridized carbons (Fsp3) is 0.100. The van der Waals surface area contributed by atoms with E-state index in [1.165, 1.54) is 6.92 Å². The molecule has 2 aromatic rings. The van der Waals surface area contributed by atoms with E-state index < -0.39 is 11.4 Å². The topological polar surface area (TPSA) is 58.6 Å². The van der Waals surface area contributed by atoms with Crippen molar-refractivity contribution >= 4 is 0 Å². The number of aromatic nitrogens is 3. The van der Waals surface area contributed by atoms with Crippen LogP contribution in [-0.4, -0.2) is 15.0 Å². The summed E-state index contributed by atoms with van der Waals surface area (Å²) < 4.78 is 13.0. The van der Waals surface area contributed by atoms with E-state index in [9.17, 15) is 9.18 Å². The Morgan fingerprint density at radius 1 is 1.33 bits per heavy atom. The number of pyridine rings is 1. The molecule has 0 aliphatic heterocycles. The molecule has 2 heterocycles. The molecule has 0 fully saturated rings. The Bertz CT molecular complexity index is 536. The van der Waals surface area contributed by atoms with Gasteiger partial charge < -0.3 is 4.98 Å². The quantitative estimate of drug-likeness (QED) is 0.762. The van der Waals surface area contributed by atoms with Gasteiger partial charge in [-0.3, -0.25) is 9.78 Å². The van der Waals surface area contributed by atoms with Crippen molar-refractivity contribution in [3.05, 3.63) is 46.4 Å². The summed E-state index contributed by atoms with van der Waals surface area (Å²) in [6.45, 7) is 1.45. The molecule has 0 amide bonds. The first kappa shape index (κ1) is 9.51. The predicted octanol–water partition coefficient (Wildman–Crippen LogP) is 1.28. The van der Waals surface area contributed by atoms with Crippen LogP contribution < -0.4 is 5.56 Å². The van der Waals surface area contributed by atoms with Crippen LogP contribution in [-0.2, 0) is 0 Å². The summed E-state index contributed by atoms with van der Waals surface area (Å²) >= 11 is 0. The molecule has 0 aliphatic rings. The van der Waals surface area contributed by atoms with Crippen LogP contribution in [0.1, 0.15) is 5.69 Å². The van der Waals surface area contributed by atoms with Gasteiger partial charge in [-0.2, -0.15) is 4.39 Å². The molecule has 0 radical (unpaired) electrons. The lowest BCUT2D eigenvalue weighted by atomic mass is 10.2. The maximum absolute atomic E-state index is 13.0. The highest BCUT2D eigenvalue weighted by Gasteiger charge is 2.07. The van der Waals surface area contributed by atoms with Gasteiger partial charge in [-0.25, -0.2) is 4.98 Å². The van der Waals surface area contributed by atoms with Gasteiger partial charge in [0.05, 0.1) is 5.69 Å². The van der Waals surface area contributed by atoms with E-state index in [0.717, 1.165) is 0 Å². The minimum Gasteiger partial charge on any atom is -0.304 e. The first-order valence-electron chi connectivity index (χ1n) is 4.35. The molecule has 0 saturated carbocycles. The number of halogens is 1. The summed E-state index contributed by atoms with van der Waals surface area (Å²) in [6, 6.07) is 3.38. The van der Waals surface area contributed by atoms with Crippen molar-refractivity contribution in [1.29, 1.82) is 0 Å². The van der Waals surface area contributed by atoms with Crippen molar-refractivity contribution in [3.63, 3.8) is 0 Å². The molecule has 5 heteroatoms. The zero-order valence-corrected chi connectivity index (χ0v) is 7.99. The zero-order chi connectivity index (χ0) is 10.8. The van der Waals surface area contributed by atoms with E-state index in [1.54, 1.807) is 24.5 Å². The minimum atomic E-state index is -0.840. The smallest absolute Gasteiger partial charge is 0.287 e. The Morgan fingerprint density at radius 3 is 2.60 bits per heavy atom. The molecule has 0 bridgehead atoms. The maximum Gasteiger partial charge on any atom is 0.287 e. The summed E-state index contributed by atoms with van der Waals surface area (Å²) in [6.07, 6.45) is 3.15. The number of rotatable bonds is 1. The number of aromatic amines is 1. The van der Waals surface area contributed by atoms with E-state index in [1.807, 2.05) is 0 Å². The van der Waals surface area contributed by atoms with Crippen molar-refractivity contribution in [2.75, 3.05) is 0 Å². The Balaban J connectivity index is 2.61. The standard InChI is InChI=1S/C10H8FN3O/c1-6-8(11)10(15)14-9(13-6)7-2-4-12-5-3-7/h2-5H,1H3,(H,13,14,15). The Labute approximate surface area is 84.8 Å². The van der Waals surface area contributed by atoms with Gasteiger partial charge in [-0.15, -0.1) is 0 Å². The van der Waals surface area contributed by atoms with Crippen LogP contribution in [0.5, 0.6) is 0 Å². The van der Waals surface area contributed by atoms with Crippen molar-refractivity contribution < 1.29 is 4.39 Å². The monoisotopic (exact) mass is 205 g/mol. The van der Waals surface area contributed by atoms with E-state index in [4.69, 9.17) is 0 Å². The van der Waals surface area contributed by atoms with Crippen molar-refractivity contribution in [2.24, 2.45) is 0 Å². The molecule has 15 heavy (non-hydrogen) atoms. The summed E-state index contributed by atoms with van der Waals surface area (Å²) in [5, 5.41) is 0. The molecule has 2 rings (SSSR count). The van der Waals surface area contributed by atoms with Crippen molar-refractivity contribution in [3.8, 4) is 11.4 Å². The lowest BCUT2D eigenvalue weighted by Gasteiger charge is -2.01. The third-order valence-electron chi connectivity index (χ3n) is 1.98. The fourth-order valence-electron chi connectivity index (χ4n) is 1.22. The molecule has 0 atom stereocenters. The van der Waals surface area contributed by atoms with E-state index in [-0.39, 0.29) is 5.69 Å². The molecule has 76 valence electrons. The highest BCUT2D eigenvalue weighted by atomic mass is 19.1. The van der Waals surface area contributed by atoms with Crippen LogP contribution >= 0.6 is 0 Å². The summed E-state index contributed by atoms with van der Waals surface area (Å²) in [7, 11) is 0. The van der Waals surface area contributed by atoms with Gasteiger partial charge in [0.25, 0.3) is 5.56 Å². The molecule has 0 aliphatic carbocycles. The summed E-state index contributed by atoms with van der Waals surface area (Å²) in [5.74, 6) is -0.492. The molecule has 1 N–H and O–H groups in total. The fourth-order valence-corrected chi connectivity index (χ4v) is 1.22. The number of nitrogens with one attached hydrogen (secondary N) is 1. The van der Waals surface area contributed by atoms with Gasteiger partial charge in [0.2, 0.25) is 5.82 Å². The Morgan fingerprint density at radius 2 is 2.00 bits per heavy atom. The average Bonchev–Trinajstić information content (AvgIpc) is 2.26. The number of nitrogens with zero attached hydrogens (tertiary/aromatic N) is 2. The molecule has 0 aromatic carbocycles. The van der Waals surface area contributed by atoms with Gasteiger partial charge >= 0.3 is 0 Å². The highest BCUT2D eigenvalue weighted by Crippen LogP contribution is 2.11. The van der Waals surface area contributed by atoms with Crippen LogP contribution in [0.4, 0.5) is 4.39 Å². The normalized spacial score (nSPS) is 10.3. The van der Waals surface area contributed by atoms with Crippen LogP contribution in [0.15, 0.2) is 29.3 Å². The summed E-state index contributed by atoms with van der Waals surface area (Å²) in [5.41, 5.74) is 0.0325. The molecule has 0 saturated heterocycles. The zero-order valence-electron chi connectivity index (χ0n) is 7.99. The van der Waals surface area contributed by atoms with Crippen LogP contribution in [0, 0.1) is 12.7 Å². The van der Waals surface area contributed by atoms with Gasteiger partial charge in [-0.05, 0) is 19.1 Å². The van der Waals surface area contributed by atoms with Crippen LogP contribution in [0.3, 0.4) is 0 Å². The second kappa shape index (κ2) is 3.61. The third kappa shape index (κ3) is 1.76. The number of aryl methyl sites for hydroxylation is 1. The molecular weight excluding hydrogens is 197 g/mol. The Kier molecular flexibility index (Phi) is 2.29. The number of hydrogen-bond donors (Lipinski definition) is 1. The first-order valence-corrected chi connectivity index (χ1v) is 4.35. The molecule has 0 spiro atoms. The largest absolute Gasteiger partial charge is 0.304 e. The average molecular weight is 205 g/mol. The molecule has 4 nitrogen and oxygen atoms in total. The number of H-pyrrole nitrogens is 1. The molecule has 0 unspecified atom stereocenters. The Hall–Kier alpha value is -2.04. The number of hydrogen-bond acceptors (Lipinski definition) is 3. The SMILES string of the molecule is Cc1nc(-c2ccncc2)[nH]c(=O)c1F. The van der Waals surface area contributed by atoms with Gasteiger partial charge in [-0.1, -0.05) is 0 Å². The van der Waals surface area contributed by atoms with Crippen LogP contribution in [0.25, 0.3) is 11.4 Å². The summed E-state index contributed by atoms with van der Waals surface area (Å²) in [4.78, 5) is 21.3. The third-order valence-corrected chi connectivity index (χ3v) is 1.98. The lowest BCUT2D eigenvalue weighted by Crippen LogP contribution is -2.15. The van der Waals surface area contributed by atoms with Crippen molar-refractivity contribution in [2.45, 2.75) is 6.92 Å². The maximum atomic E-state index is 13.0. The predicted molar refractivity (Wildman–Crippen MR) is 52.8 cm³/mol. The molecule has 2 aromatic heterocycles. The highest BCUT2D eigenvalue weighted by molar-refractivity contribution is 5.53. The van der Waals surface area contributed by atoms with Crippen LogP contribution in [0.2, 0.25) is 0 Å². The van der Waals surface area contributed by atoms with E-state index in [0.29, 0.717) is 11.4 Å². The van der Waals surface area contributed by atoms with Crippen molar-refractivity contribution in [1.82, 2.24) is 15.0 Å². The molecular formula is C10H8FN3O. The van der Waals surface area contributed by atoms with Gasteiger partial charge in [0, 0.05) is 18.0 Å². The van der Waals surface area contributed by atoms with E-state index >= 15 is 0 Å². The lowest BCUT2D eigenvalue weighted by molar-refractivity contribution is 0.589. The van der Waals surface area contributed by atoms with Gasteiger partial charge in [0.1, 0.15) is 5.82 Å². The second-order valence-corrected chi connectivity index (χ2v) is 3.05. The van der Waals surface area contributed by atoms with E-state index in [2.05, 4.69) is 15.0 Å². The van der Waals surface area contributed by atoms with Gasteiger partial charge in [0.15, 0.2) is 0 Å².